The molecule has 0 spiro atoms. The fourth-order valence-electron chi connectivity index (χ4n) is 1.77. The Morgan fingerprint density at radius 1 is 1.48 bits per heavy atom. The van der Waals surface area contributed by atoms with E-state index in [1.807, 2.05) is 12.3 Å². The van der Waals surface area contributed by atoms with Crippen LogP contribution in [0.1, 0.15) is 26.6 Å². The van der Waals surface area contributed by atoms with Gasteiger partial charge in [-0.25, -0.2) is 4.98 Å². The molecule has 114 valence electrons. The quantitative estimate of drug-likeness (QED) is 0.819. The summed E-state index contributed by atoms with van der Waals surface area (Å²) in [5, 5.41) is 5.41. The average molecular weight is 344 g/mol. The highest BCUT2D eigenvalue weighted by Crippen LogP contribution is 2.21. The summed E-state index contributed by atoms with van der Waals surface area (Å²) in [6.07, 6.45) is 2.04. The zero-order valence-corrected chi connectivity index (χ0v) is 14.3. The van der Waals surface area contributed by atoms with E-state index in [4.69, 9.17) is 5.73 Å². The van der Waals surface area contributed by atoms with E-state index in [9.17, 15) is 4.79 Å². The normalized spacial score (nSPS) is 10.0. The maximum Gasteiger partial charge on any atom is 0.271 e. The Morgan fingerprint density at radius 2 is 2.24 bits per heavy atom. The highest BCUT2D eigenvalue weighted by Gasteiger charge is 2.10. The second-order valence-corrected chi connectivity index (χ2v) is 6.12. The van der Waals surface area contributed by atoms with Crippen LogP contribution in [0.25, 0.3) is 0 Å². The van der Waals surface area contributed by atoms with Gasteiger partial charge in [-0.15, -0.1) is 35.5 Å². The topological polar surface area (TPSA) is 68.0 Å². The first-order valence-corrected chi connectivity index (χ1v) is 8.30. The number of hydrogen-bond acceptors (Lipinski definition) is 5. The third kappa shape index (κ3) is 4.71. The molecular formula is C14H18ClN3OS2. The van der Waals surface area contributed by atoms with Gasteiger partial charge in [0.1, 0.15) is 10.7 Å². The van der Waals surface area contributed by atoms with Gasteiger partial charge in [-0.3, -0.25) is 4.79 Å². The molecule has 0 aliphatic carbocycles. The molecule has 0 fully saturated rings. The minimum Gasteiger partial charge on any atom is -0.347 e. The van der Waals surface area contributed by atoms with E-state index < -0.39 is 0 Å². The summed E-state index contributed by atoms with van der Waals surface area (Å²) in [4.78, 5) is 17.4. The number of rotatable bonds is 5. The first kappa shape index (κ1) is 18.0. The molecule has 0 aliphatic heterocycles. The van der Waals surface area contributed by atoms with E-state index in [1.54, 1.807) is 17.1 Å². The van der Waals surface area contributed by atoms with Crippen molar-refractivity contribution < 1.29 is 4.79 Å². The molecule has 1 aromatic heterocycles. The van der Waals surface area contributed by atoms with Gasteiger partial charge in [-0.2, -0.15) is 0 Å². The first-order chi connectivity index (χ1) is 9.63. The molecule has 1 aromatic carbocycles. The molecule has 3 N–H and O–H groups in total. The van der Waals surface area contributed by atoms with Crippen molar-refractivity contribution in [3.05, 3.63) is 45.4 Å². The zero-order valence-electron chi connectivity index (χ0n) is 11.9. The maximum atomic E-state index is 12.0. The van der Waals surface area contributed by atoms with Gasteiger partial charge < -0.3 is 11.1 Å². The molecule has 0 unspecified atom stereocenters. The Balaban J connectivity index is 0.00000220. The number of benzene rings is 1. The summed E-state index contributed by atoms with van der Waals surface area (Å²) < 4.78 is 0. The highest BCUT2D eigenvalue weighted by molar-refractivity contribution is 7.98. The monoisotopic (exact) mass is 343 g/mol. The molecule has 2 rings (SSSR count). The molecule has 0 aliphatic rings. The number of nitrogens with zero attached hydrogens (tertiary/aromatic N) is 1. The number of halogens is 1. The van der Waals surface area contributed by atoms with Crippen LogP contribution in [0, 0.1) is 6.92 Å². The van der Waals surface area contributed by atoms with Crippen molar-refractivity contribution in [2.45, 2.75) is 24.9 Å². The summed E-state index contributed by atoms with van der Waals surface area (Å²) in [7, 11) is 0. The molecule has 21 heavy (non-hydrogen) atoms. The van der Waals surface area contributed by atoms with Crippen LogP contribution in [0.15, 0.2) is 28.5 Å². The molecule has 0 radical (unpaired) electrons. The largest absolute Gasteiger partial charge is 0.347 e. The number of carbonyl (C=O) groups excluding carboxylic acids is 1. The van der Waals surface area contributed by atoms with Gasteiger partial charge in [0.25, 0.3) is 5.91 Å². The van der Waals surface area contributed by atoms with Crippen molar-refractivity contribution >= 4 is 41.4 Å². The SMILES string of the molecule is CSc1cc(C)ccc1CNC(=O)c1csc(CN)n1.Cl. The third-order valence-corrected chi connectivity index (χ3v) is 4.53. The maximum absolute atomic E-state index is 12.0. The summed E-state index contributed by atoms with van der Waals surface area (Å²) in [5.41, 5.74) is 8.27. The fourth-order valence-corrected chi connectivity index (χ4v) is 3.13. The predicted octanol–water partition coefficient (Wildman–Crippen LogP) is 2.98. The number of amides is 1. The number of nitrogens with one attached hydrogen (secondary N) is 1. The Morgan fingerprint density at radius 3 is 2.86 bits per heavy atom. The van der Waals surface area contributed by atoms with Crippen LogP contribution in [0.3, 0.4) is 0 Å². The van der Waals surface area contributed by atoms with Gasteiger partial charge in [0, 0.05) is 23.4 Å². The Labute approximate surface area is 139 Å². The van der Waals surface area contributed by atoms with E-state index in [0.29, 0.717) is 18.8 Å². The van der Waals surface area contributed by atoms with Crippen LogP contribution in [0.5, 0.6) is 0 Å². The van der Waals surface area contributed by atoms with Gasteiger partial charge >= 0.3 is 0 Å². The molecule has 1 amide bonds. The number of aryl methyl sites for hydroxylation is 1. The second-order valence-electron chi connectivity index (χ2n) is 4.33. The van der Waals surface area contributed by atoms with E-state index in [-0.39, 0.29) is 18.3 Å². The third-order valence-electron chi connectivity index (χ3n) is 2.84. The van der Waals surface area contributed by atoms with Gasteiger partial charge in [-0.05, 0) is 30.4 Å². The van der Waals surface area contributed by atoms with Crippen molar-refractivity contribution in [2.75, 3.05) is 6.26 Å². The second kappa shape index (κ2) is 8.38. The number of aromatic nitrogens is 1. The van der Waals surface area contributed by atoms with E-state index in [2.05, 4.69) is 29.4 Å². The van der Waals surface area contributed by atoms with E-state index in [0.717, 1.165) is 10.6 Å². The molecule has 2 aromatic rings. The molecule has 7 heteroatoms. The Bertz CT molecular complexity index is 616. The molecule has 0 saturated carbocycles. The number of thiazole rings is 1. The van der Waals surface area contributed by atoms with Gasteiger partial charge in [0.05, 0.1) is 0 Å². The van der Waals surface area contributed by atoms with Gasteiger partial charge in [0.15, 0.2) is 0 Å². The van der Waals surface area contributed by atoms with Crippen LogP contribution in [-0.4, -0.2) is 17.1 Å². The predicted molar refractivity (Wildman–Crippen MR) is 91.4 cm³/mol. The lowest BCUT2D eigenvalue weighted by Crippen LogP contribution is -2.23. The van der Waals surface area contributed by atoms with Gasteiger partial charge in [0.2, 0.25) is 0 Å². The van der Waals surface area contributed by atoms with Crippen LogP contribution in [-0.2, 0) is 13.1 Å². The van der Waals surface area contributed by atoms with Gasteiger partial charge in [-0.1, -0.05) is 12.1 Å². The Hall–Kier alpha value is -1.08. The zero-order chi connectivity index (χ0) is 14.5. The molecule has 0 saturated heterocycles. The number of nitrogens with two attached hydrogens (primary N) is 1. The summed E-state index contributed by atoms with van der Waals surface area (Å²) in [6.45, 7) is 2.93. The lowest BCUT2D eigenvalue weighted by Gasteiger charge is -2.09. The fraction of sp³-hybridized carbons (Fsp3) is 0.286. The molecule has 0 atom stereocenters. The van der Waals surface area contributed by atoms with Crippen molar-refractivity contribution in [3.63, 3.8) is 0 Å². The average Bonchev–Trinajstić information content (AvgIpc) is 2.94. The first-order valence-electron chi connectivity index (χ1n) is 6.20. The van der Waals surface area contributed by atoms with Crippen molar-refractivity contribution in [1.29, 1.82) is 0 Å². The number of carbonyl (C=O) groups is 1. The number of hydrogen-bond donors (Lipinski definition) is 2. The smallest absolute Gasteiger partial charge is 0.271 e. The van der Waals surface area contributed by atoms with Crippen LogP contribution in [0.4, 0.5) is 0 Å². The van der Waals surface area contributed by atoms with Crippen molar-refractivity contribution in [2.24, 2.45) is 5.73 Å². The van der Waals surface area contributed by atoms with Crippen LogP contribution < -0.4 is 11.1 Å². The van der Waals surface area contributed by atoms with E-state index in [1.165, 1.54) is 21.8 Å². The lowest BCUT2D eigenvalue weighted by molar-refractivity contribution is 0.0946. The van der Waals surface area contributed by atoms with Crippen molar-refractivity contribution in [3.8, 4) is 0 Å². The minimum absolute atomic E-state index is 0. The molecule has 4 nitrogen and oxygen atoms in total. The lowest BCUT2D eigenvalue weighted by atomic mass is 10.1. The summed E-state index contributed by atoms with van der Waals surface area (Å²) >= 11 is 3.09. The molecule has 0 bridgehead atoms. The molecular weight excluding hydrogens is 326 g/mol. The standard InChI is InChI=1S/C14H17N3OS2.ClH/c1-9-3-4-10(12(5-9)19-2)7-16-14(18)11-8-20-13(6-15)17-11;/h3-5,8H,6-7,15H2,1-2H3,(H,16,18);1H. The Kier molecular flexibility index (Phi) is 7.17. The van der Waals surface area contributed by atoms with Crippen molar-refractivity contribution in [1.82, 2.24) is 10.3 Å². The van der Waals surface area contributed by atoms with Crippen LogP contribution >= 0.6 is 35.5 Å². The summed E-state index contributed by atoms with van der Waals surface area (Å²) in [6, 6.07) is 6.23. The van der Waals surface area contributed by atoms with E-state index >= 15 is 0 Å². The number of thioether (sulfide) groups is 1. The summed E-state index contributed by atoms with van der Waals surface area (Å²) in [5.74, 6) is -0.159. The highest BCUT2D eigenvalue weighted by atomic mass is 35.5. The van der Waals surface area contributed by atoms with Crippen LogP contribution in [0.2, 0.25) is 0 Å². The molecule has 1 heterocycles. The minimum atomic E-state index is -0.159.